The molecule has 0 bridgehead atoms. The van der Waals surface area contributed by atoms with Gasteiger partial charge in [0.05, 0.1) is 11.7 Å². The third-order valence-corrected chi connectivity index (χ3v) is 8.12. The normalized spacial score (nSPS) is 14.6. The number of carbonyl (C=O) groups excluding carboxylic acids is 1. The monoisotopic (exact) mass is 506 g/mol. The average molecular weight is 507 g/mol. The first-order chi connectivity index (χ1) is 17.1. The van der Waals surface area contributed by atoms with Gasteiger partial charge in [0.15, 0.2) is 0 Å². The van der Waals surface area contributed by atoms with Gasteiger partial charge < -0.3 is 9.64 Å². The molecule has 182 valence electrons. The molecular weight excluding hydrogens is 476 g/mol. The standard InChI is InChI=1S/C27H30N4O2S2/c1-29(19-24-16-22-4-2-3-5-25(22)35-24)18-21-6-8-23(9-7-21)33-15-14-30-10-12-31(13-11-30)27(32)26-17-28-20-34-26/h2-9,16-17,20H,10-15,18-19H2,1H3. The fourth-order valence-corrected chi connectivity index (χ4v) is 6.12. The van der Waals surface area contributed by atoms with Gasteiger partial charge in [-0.2, -0.15) is 0 Å². The Labute approximate surface area is 214 Å². The van der Waals surface area contributed by atoms with Gasteiger partial charge in [-0.25, -0.2) is 0 Å². The van der Waals surface area contributed by atoms with Gasteiger partial charge in [0, 0.05) is 55.4 Å². The Bertz CT molecular complexity index is 1200. The molecule has 0 saturated carbocycles. The average Bonchev–Trinajstić information content (AvgIpc) is 3.55. The Morgan fingerprint density at radius 1 is 1.06 bits per heavy atom. The highest BCUT2D eigenvalue weighted by molar-refractivity contribution is 7.19. The number of hydrogen-bond donors (Lipinski definition) is 0. The lowest BCUT2D eigenvalue weighted by Crippen LogP contribution is -2.49. The van der Waals surface area contributed by atoms with Crippen LogP contribution in [-0.2, 0) is 13.1 Å². The number of fused-ring (bicyclic) bond motifs is 1. The number of thiophene rings is 1. The van der Waals surface area contributed by atoms with Crippen molar-refractivity contribution in [3.63, 3.8) is 0 Å². The van der Waals surface area contributed by atoms with E-state index in [1.165, 1.54) is 31.9 Å². The number of rotatable bonds is 9. The molecule has 0 atom stereocenters. The van der Waals surface area contributed by atoms with Crippen molar-refractivity contribution in [1.29, 1.82) is 0 Å². The summed E-state index contributed by atoms with van der Waals surface area (Å²) in [5.41, 5.74) is 2.99. The summed E-state index contributed by atoms with van der Waals surface area (Å²) in [6.07, 6.45) is 1.65. The molecule has 8 heteroatoms. The molecule has 1 fully saturated rings. The number of ether oxygens (including phenoxy) is 1. The van der Waals surface area contributed by atoms with Gasteiger partial charge in [0.1, 0.15) is 17.2 Å². The first kappa shape index (κ1) is 23.9. The molecule has 1 amide bonds. The predicted octanol–water partition coefficient (Wildman–Crippen LogP) is 4.83. The van der Waals surface area contributed by atoms with Crippen molar-refractivity contribution in [2.45, 2.75) is 13.1 Å². The molecule has 0 spiro atoms. The topological polar surface area (TPSA) is 48.9 Å². The van der Waals surface area contributed by atoms with E-state index < -0.39 is 0 Å². The lowest BCUT2D eigenvalue weighted by Gasteiger charge is -2.34. The van der Waals surface area contributed by atoms with E-state index in [4.69, 9.17) is 4.74 Å². The molecule has 0 radical (unpaired) electrons. The highest BCUT2D eigenvalue weighted by Crippen LogP contribution is 2.26. The number of hydrogen-bond acceptors (Lipinski definition) is 7. The van der Waals surface area contributed by atoms with E-state index in [0.29, 0.717) is 6.61 Å². The fraction of sp³-hybridized carbons (Fsp3) is 0.333. The zero-order chi connectivity index (χ0) is 24.0. The van der Waals surface area contributed by atoms with E-state index in [2.05, 4.69) is 76.4 Å². The van der Waals surface area contributed by atoms with Gasteiger partial charge in [-0.05, 0) is 42.3 Å². The highest BCUT2D eigenvalue weighted by Gasteiger charge is 2.22. The molecule has 35 heavy (non-hydrogen) atoms. The second-order valence-corrected chi connectivity index (χ2v) is 11.0. The second kappa shape index (κ2) is 11.3. The van der Waals surface area contributed by atoms with Crippen LogP contribution in [0.3, 0.4) is 0 Å². The zero-order valence-electron chi connectivity index (χ0n) is 19.9. The van der Waals surface area contributed by atoms with Crippen molar-refractivity contribution in [2.24, 2.45) is 0 Å². The van der Waals surface area contributed by atoms with Crippen molar-refractivity contribution in [1.82, 2.24) is 19.7 Å². The van der Waals surface area contributed by atoms with Gasteiger partial charge in [-0.1, -0.05) is 30.3 Å². The van der Waals surface area contributed by atoms with Crippen molar-refractivity contribution < 1.29 is 9.53 Å². The summed E-state index contributed by atoms with van der Waals surface area (Å²) in [5, 5.41) is 1.33. The Hall–Kier alpha value is -2.78. The van der Waals surface area contributed by atoms with Crippen LogP contribution in [0.15, 0.2) is 66.3 Å². The maximum absolute atomic E-state index is 12.4. The van der Waals surface area contributed by atoms with Crippen LogP contribution in [-0.4, -0.2) is 72.0 Å². The molecule has 1 aliphatic rings. The number of aromatic nitrogens is 1. The molecule has 6 nitrogen and oxygen atoms in total. The van der Waals surface area contributed by atoms with Crippen LogP contribution >= 0.6 is 22.7 Å². The van der Waals surface area contributed by atoms with Gasteiger partial charge in [-0.15, -0.1) is 22.7 Å². The fourth-order valence-electron chi connectivity index (χ4n) is 4.38. The second-order valence-electron chi connectivity index (χ2n) is 8.91. The van der Waals surface area contributed by atoms with Crippen LogP contribution in [0.25, 0.3) is 10.1 Å². The first-order valence-corrected chi connectivity index (χ1v) is 13.6. The molecule has 4 aromatic rings. The maximum Gasteiger partial charge on any atom is 0.265 e. The van der Waals surface area contributed by atoms with Crippen molar-refractivity contribution in [3.8, 4) is 5.75 Å². The van der Waals surface area contributed by atoms with Crippen molar-refractivity contribution >= 4 is 38.7 Å². The molecule has 1 aliphatic heterocycles. The minimum absolute atomic E-state index is 0.0953. The summed E-state index contributed by atoms with van der Waals surface area (Å²) < 4.78 is 7.34. The maximum atomic E-state index is 12.4. The summed E-state index contributed by atoms with van der Waals surface area (Å²) in [4.78, 5) is 25.2. The summed E-state index contributed by atoms with van der Waals surface area (Å²) in [5.74, 6) is 0.998. The summed E-state index contributed by atoms with van der Waals surface area (Å²) >= 11 is 3.28. The molecular formula is C27H30N4O2S2. The third kappa shape index (κ3) is 6.27. The Kier molecular flexibility index (Phi) is 7.73. The van der Waals surface area contributed by atoms with Crippen molar-refractivity contribution in [3.05, 3.63) is 81.6 Å². The lowest BCUT2D eigenvalue weighted by atomic mass is 10.2. The lowest BCUT2D eigenvalue weighted by molar-refractivity contribution is 0.0624. The zero-order valence-corrected chi connectivity index (χ0v) is 21.6. The molecule has 0 aliphatic carbocycles. The smallest absolute Gasteiger partial charge is 0.265 e. The van der Waals surface area contributed by atoms with Gasteiger partial charge in [-0.3, -0.25) is 19.6 Å². The van der Waals surface area contributed by atoms with Crippen molar-refractivity contribution in [2.75, 3.05) is 46.4 Å². The quantitative estimate of drug-likeness (QED) is 0.326. The number of thiazole rings is 1. The summed E-state index contributed by atoms with van der Waals surface area (Å²) in [6, 6.07) is 19.3. The van der Waals surface area contributed by atoms with E-state index in [1.54, 1.807) is 11.7 Å². The summed E-state index contributed by atoms with van der Waals surface area (Å²) in [6.45, 7) is 6.61. The number of amides is 1. The van der Waals surface area contributed by atoms with E-state index in [1.807, 2.05) is 16.2 Å². The van der Waals surface area contributed by atoms with Crippen LogP contribution in [0.5, 0.6) is 5.75 Å². The number of piperazine rings is 1. The Morgan fingerprint density at radius 3 is 2.60 bits per heavy atom. The van der Waals surface area contributed by atoms with E-state index in [9.17, 15) is 4.79 Å². The van der Waals surface area contributed by atoms with Crippen LogP contribution in [0, 0.1) is 0 Å². The van der Waals surface area contributed by atoms with Crippen LogP contribution in [0.2, 0.25) is 0 Å². The number of carbonyl (C=O) groups is 1. The predicted molar refractivity (Wildman–Crippen MR) is 143 cm³/mol. The highest BCUT2D eigenvalue weighted by atomic mass is 32.1. The molecule has 0 N–H and O–H groups in total. The van der Waals surface area contributed by atoms with Crippen LogP contribution in [0.4, 0.5) is 0 Å². The molecule has 1 saturated heterocycles. The Morgan fingerprint density at radius 2 is 1.86 bits per heavy atom. The van der Waals surface area contributed by atoms with E-state index >= 15 is 0 Å². The van der Waals surface area contributed by atoms with Crippen LogP contribution in [0.1, 0.15) is 20.1 Å². The number of nitrogens with zero attached hydrogens (tertiary/aromatic N) is 4. The molecule has 3 heterocycles. The number of benzene rings is 2. The Balaban J connectivity index is 1.02. The minimum atomic E-state index is 0.0953. The SMILES string of the molecule is CN(Cc1ccc(OCCN2CCN(C(=O)c3cncs3)CC2)cc1)Cc1cc2ccccc2s1. The van der Waals surface area contributed by atoms with E-state index in [-0.39, 0.29) is 5.91 Å². The minimum Gasteiger partial charge on any atom is -0.492 e. The van der Waals surface area contributed by atoms with Gasteiger partial charge >= 0.3 is 0 Å². The van der Waals surface area contributed by atoms with E-state index in [0.717, 1.165) is 56.4 Å². The molecule has 2 aromatic heterocycles. The van der Waals surface area contributed by atoms with Gasteiger partial charge in [0.25, 0.3) is 5.91 Å². The molecule has 0 unspecified atom stereocenters. The molecule has 5 rings (SSSR count). The summed E-state index contributed by atoms with van der Waals surface area (Å²) in [7, 11) is 2.17. The largest absolute Gasteiger partial charge is 0.492 e. The van der Waals surface area contributed by atoms with Gasteiger partial charge in [0.2, 0.25) is 0 Å². The first-order valence-electron chi connectivity index (χ1n) is 11.9. The molecule has 2 aromatic carbocycles. The third-order valence-electron chi connectivity index (χ3n) is 6.26. The van der Waals surface area contributed by atoms with Crippen LogP contribution < -0.4 is 4.74 Å².